The number of amides is 1. The molecule has 0 bridgehead atoms. The normalized spacial score (nSPS) is 19.0. The fourth-order valence-electron chi connectivity index (χ4n) is 2.07. The zero-order valence-corrected chi connectivity index (χ0v) is 10.8. The molecule has 1 saturated carbocycles. The van der Waals surface area contributed by atoms with Crippen molar-refractivity contribution < 1.29 is 9.53 Å². The first kappa shape index (κ1) is 13.5. The Morgan fingerprint density at radius 1 is 1.25 bits per heavy atom. The van der Waals surface area contributed by atoms with E-state index in [0.717, 1.165) is 19.4 Å². The van der Waals surface area contributed by atoms with Crippen LogP contribution in [0.1, 0.15) is 46.5 Å². The number of ether oxygens (including phenoxy) is 1. The molecule has 1 amide bonds. The molecule has 1 unspecified atom stereocenters. The molecule has 0 aliphatic heterocycles. The molecule has 1 aliphatic carbocycles. The summed E-state index contributed by atoms with van der Waals surface area (Å²) in [5.74, 6) is 1.03. The van der Waals surface area contributed by atoms with Gasteiger partial charge in [0.15, 0.2) is 0 Å². The highest BCUT2D eigenvalue weighted by Crippen LogP contribution is 2.24. The first-order chi connectivity index (χ1) is 7.59. The van der Waals surface area contributed by atoms with Crippen molar-refractivity contribution in [1.29, 1.82) is 0 Å². The summed E-state index contributed by atoms with van der Waals surface area (Å²) in [5, 5.41) is 3.03. The number of carbonyl (C=O) groups excluding carboxylic acids is 1. The Morgan fingerprint density at radius 3 is 2.44 bits per heavy atom. The number of nitrogens with one attached hydrogen (secondary N) is 1. The molecule has 0 spiro atoms. The van der Waals surface area contributed by atoms with Crippen molar-refractivity contribution in [3.05, 3.63) is 0 Å². The van der Waals surface area contributed by atoms with E-state index in [1.165, 1.54) is 12.8 Å². The third kappa shape index (κ3) is 4.97. The summed E-state index contributed by atoms with van der Waals surface area (Å²) >= 11 is 0. The molecule has 3 heteroatoms. The first-order valence-corrected chi connectivity index (χ1v) is 6.47. The highest BCUT2D eigenvalue weighted by atomic mass is 16.5. The van der Waals surface area contributed by atoms with Gasteiger partial charge in [-0.2, -0.15) is 0 Å². The van der Waals surface area contributed by atoms with Gasteiger partial charge in [0.1, 0.15) is 0 Å². The fourth-order valence-corrected chi connectivity index (χ4v) is 2.07. The molecule has 0 aromatic carbocycles. The van der Waals surface area contributed by atoms with Gasteiger partial charge in [0.25, 0.3) is 0 Å². The van der Waals surface area contributed by atoms with E-state index in [9.17, 15) is 4.79 Å². The highest BCUT2D eigenvalue weighted by Gasteiger charge is 2.23. The molecular formula is C13H25NO2. The Bertz CT molecular complexity index is 210. The fraction of sp³-hybridized carbons (Fsp3) is 0.923. The summed E-state index contributed by atoms with van der Waals surface area (Å²) < 4.78 is 5.51. The molecule has 1 N–H and O–H groups in total. The minimum absolute atomic E-state index is 0.131. The third-order valence-electron chi connectivity index (χ3n) is 2.93. The lowest BCUT2D eigenvalue weighted by atomic mass is 10.1. The predicted molar refractivity (Wildman–Crippen MR) is 65.2 cm³/mol. The zero-order valence-electron chi connectivity index (χ0n) is 10.8. The second-order valence-electron chi connectivity index (χ2n) is 5.32. The van der Waals surface area contributed by atoms with E-state index < -0.39 is 0 Å². The van der Waals surface area contributed by atoms with Crippen LogP contribution in [0.5, 0.6) is 0 Å². The van der Waals surface area contributed by atoms with E-state index in [2.05, 4.69) is 19.2 Å². The molecule has 3 nitrogen and oxygen atoms in total. The van der Waals surface area contributed by atoms with Crippen LogP contribution < -0.4 is 5.32 Å². The van der Waals surface area contributed by atoms with E-state index >= 15 is 0 Å². The van der Waals surface area contributed by atoms with Gasteiger partial charge in [0, 0.05) is 18.6 Å². The molecule has 1 rings (SSSR count). The Balaban J connectivity index is 2.12. The summed E-state index contributed by atoms with van der Waals surface area (Å²) in [4.78, 5) is 11.8. The molecule has 94 valence electrons. The van der Waals surface area contributed by atoms with Crippen LogP contribution in [0, 0.1) is 11.8 Å². The maximum absolute atomic E-state index is 11.8. The third-order valence-corrected chi connectivity index (χ3v) is 2.93. The first-order valence-electron chi connectivity index (χ1n) is 6.47. The van der Waals surface area contributed by atoms with Gasteiger partial charge in [-0.25, -0.2) is 0 Å². The smallest absolute Gasteiger partial charge is 0.223 e. The van der Waals surface area contributed by atoms with E-state index in [1.54, 1.807) is 0 Å². The van der Waals surface area contributed by atoms with Gasteiger partial charge in [0.2, 0.25) is 5.91 Å². The summed E-state index contributed by atoms with van der Waals surface area (Å²) in [6, 6.07) is 0.131. The van der Waals surface area contributed by atoms with Gasteiger partial charge in [-0.3, -0.25) is 4.79 Å². The summed E-state index contributed by atoms with van der Waals surface area (Å²) in [6.45, 7) is 7.65. The number of carbonyl (C=O) groups is 1. The average Bonchev–Trinajstić information content (AvgIpc) is 2.69. The number of hydrogen-bond donors (Lipinski definition) is 1. The standard InChI is InChI=1S/C13H25NO2/c1-10(2)8-16-9-11(3)14-13(15)12-6-4-5-7-12/h10-12H,4-9H2,1-3H3,(H,14,15). The molecule has 0 aromatic rings. The molecule has 0 aromatic heterocycles. The van der Waals surface area contributed by atoms with Crippen molar-refractivity contribution in [2.45, 2.75) is 52.5 Å². The maximum Gasteiger partial charge on any atom is 0.223 e. The highest BCUT2D eigenvalue weighted by molar-refractivity contribution is 5.79. The lowest BCUT2D eigenvalue weighted by Gasteiger charge is -2.17. The van der Waals surface area contributed by atoms with Gasteiger partial charge < -0.3 is 10.1 Å². The van der Waals surface area contributed by atoms with Gasteiger partial charge in [-0.15, -0.1) is 0 Å². The van der Waals surface area contributed by atoms with Crippen molar-refractivity contribution >= 4 is 5.91 Å². The lowest BCUT2D eigenvalue weighted by Crippen LogP contribution is -2.39. The molecule has 0 heterocycles. The SMILES string of the molecule is CC(C)COCC(C)NC(=O)C1CCCC1. The van der Waals surface area contributed by atoms with E-state index in [-0.39, 0.29) is 17.9 Å². The van der Waals surface area contributed by atoms with Crippen molar-refractivity contribution in [2.75, 3.05) is 13.2 Å². The average molecular weight is 227 g/mol. The van der Waals surface area contributed by atoms with Crippen molar-refractivity contribution in [2.24, 2.45) is 11.8 Å². The summed E-state index contributed by atoms with van der Waals surface area (Å²) in [5.41, 5.74) is 0. The van der Waals surface area contributed by atoms with Gasteiger partial charge >= 0.3 is 0 Å². The van der Waals surface area contributed by atoms with Crippen LogP contribution in [0.2, 0.25) is 0 Å². The maximum atomic E-state index is 11.8. The Labute approximate surface area is 98.9 Å². The van der Waals surface area contributed by atoms with E-state index in [4.69, 9.17) is 4.74 Å². The van der Waals surface area contributed by atoms with Crippen molar-refractivity contribution in [1.82, 2.24) is 5.32 Å². The zero-order chi connectivity index (χ0) is 12.0. The molecular weight excluding hydrogens is 202 g/mol. The quantitative estimate of drug-likeness (QED) is 0.756. The van der Waals surface area contributed by atoms with E-state index in [0.29, 0.717) is 12.5 Å². The van der Waals surface area contributed by atoms with Crippen LogP contribution in [0.3, 0.4) is 0 Å². The van der Waals surface area contributed by atoms with Crippen LogP contribution in [-0.2, 0) is 9.53 Å². The molecule has 16 heavy (non-hydrogen) atoms. The second-order valence-corrected chi connectivity index (χ2v) is 5.32. The molecule has 1 fully saturated rings. The largest absolute Gasteiger partial charge is 0.379 e. The monoisotopic (exact) mass is 227 g/mol. The van der Waals surface area contributed by atoms with E-state index in [1.807, 2.05) is 6.92 Å². The van der Waals surface area contributed by atoms with Crippen LogP contribution >= 0.6 is 0 Å². The molecule has 1 aliphatic rings. The van der Waals surface area contributed by atoms with Gasteiger partial charge in [-0.05, 0) is 25.7 Å². The van der Waals surface area contributed by atoms with Gasteiger partial charge in [0.05, 0.1) is 6.61 Å². The van der Waals surface area contributed by atoms with Crippen molar-refractivity contribution in [3.8, 4) is 0 Å². The number of rotatable bonds is 6. The minimum Gasteiger partial charge on any atom is -0.379 e. The summed E-state index contributed by atoms with van der Waals surface area (Å²) in [6.07, 6.45) is 4.53. The van der Waals surface area contributed by atoms with Gasteiger partial charge in [-0.1, -0.05) is 26.7 Å². The van der Waals surface area contributed by atoms with Crippen LogP contribution in [-0.4, -0.2) is 25.2 Å². The van der Waals surface area contributed by atoms with Crippen molar-refractivity contribution in [3.63, 3.8) is 0 Å². The molecule has 0 saturated heterocycles. The summed E-state index contributed by atoms with van der Waals surface area (Å²) in [7, 11) is 0. The Hall–Kier alpha value is -0.570. The number of hydrogen-bond acceptors (Lipinski definition) is 2. The molecule has 0 radical (unpaired) electrons. The minimum atomic E-state index is 0.131. The van der Waals surface area contributed by atoms with Crippen LogP contribution in [0.4, 0.5) is 0 Å². The van der Waals surface area contributed by atoms with Crippen LogP contribution in [0.15, 0.2) is 0 Å². The topological polar surface area (TPSA) is 38.3 Å². The Kier molecular flexibility index (Phi) is 5.81. The lowest BCUT2D eigenvalue weighted by molar-refractivity contribution is -0.125. The predicted octanol–water partition coefficient (Wildman–Crippen LogP) is 2.35. The molecule has 1 atom stereocenters. The second kappa shape index (κ2) is 6.89. The van der Waals surface area contributed by atoms with Crippen LogP contribution in [0.25, 0.3) is 0 Å². The Morgan fingerprint density at radius 2 is 1.88 bits per heavy atom.